The Morgan fingerprint density at radius 3 is 2.92 bits per heavy atom. The van der Waals surface area contributed by atoms with E-state index in [1.807, 2.05) is 0 Å². The SMILES string of the molecule is COC(=O)C1=CCCC(=O)C1=CO. The average molecular weight is 182 g/mol. The van der Waals surface area contributed by atoms with E-state index < -0.39 is 5.97 Å². The fraction of sp³-hybridized carbons (Fsp3) is 0.333. The summed E-state index contributed by atoms with van der Waals surface area (Å²) in [5.74, 6) is -0.821. The smallest absolute Gasteiger partial charge is 0.338 e. The number of rotatable bonds is 1. The van der Waals surface area contributed by atoms with Crippen LogP contribution in [0, 0.1) is 0 Å². The molecule has 0 amide bonds. The number of carbonyl (C=O) groups is 2. The zero-order valence-corrected chi connectivity index (χ0v) is 7.24. The van der Waals surface area contributed by atoms with Crippen LogP contribution in [0.5, 0.6) is 0 Å². The van der Waals surface area contributed by atoms with Crippen LogP contribution in [0.3, 0.4) is 0 Å². The molecule has 1 aliphatic carbocycles. The van der Waals surface area contributed by atoms with Gasteiger partial charge in [-0.3, -0.25) is 4.79 Å². The Hall–Kier alpha value is -1.58. The molecular formula is C9H10O4. The van der Waals surface area contributed by atoms with Crippen LogP contribution >= 0.6 is 0 Å². The van der Waals surface area contributed by atoms with Gasteiger partial charge in [0.1, 0.15) is 0 Å². The monoisotopic (exact) mass is 182 g/mol. The van der Waals surface area contributed by atoms with Crippen LogP contribution in [-0.2, 0) is 14.3 Å². The lowest BCUT2D eigenvalue weighted by atomic mass is 9.93. The van der Waals surface area contributed by atoms with Crippen molar-refractivity contribution in [3.05, 3.63) is 23.5 Å². The van der Waals surface area contributed by atoms with E-state index in [1.54, 1.807) is 6.08 Å². The normalized spacial score (nSPS) is 19.9. The molecule has 0 atom stereocenters. The molecule has 13 heavy (non-hydrogen) atoms. The van der Waals surface area contributed by atoms with Gasteiger partial charge in [-0.25, -0.2) is 4.79 Å². The Bertz CT molecular complexity index is 299. The molecule has 0 aromatic carbocycles. The molecule has 1 aliphatic rings. The number of ketones is 1. The summed E-state index contributed by atoms with van der Waals surface area (Å²) in [5, 5.41) is 8.74. The van der Waals surface area contributed by atoms with Gasteiger partial charge in [-0.2, -0.15) is 0 Å². The second-order valence-corrected chi connectivity index (χ2v) is 2.61. The Kier molecular flexibility index (Phi) is 2.84. The predicted octanol–water partition coefficient (Wildman–Crippen LogP) is 0.891. The number of methoxy groups -OCH3 is 1. The number of aliphatic hydroxyl groups excluding tert-OH is 1. The molecule has 0 aromatic rings. The molecule has 1 rings (SSSR count). The summed E-state index contributed by atoms with van der Waals surface area (Å²) in [6.07, 6.45) is 3.09. The number of Topliss-reactive ketones (excluding diaryl/α,β-unsaturated/α-hetero) is 1. The molecule has 4 nitrogen and oxygen atoms in total. The lowest BCUT2D eigenvalue weighted by molar-refractivity contribution is -0.136. The molecule has 0 fully saturated rings. The number of hydrogen-bond donors (Lipinski definition) is 1. The van der Waals surface area contributed by atoms with E-state index in [4.69, 9.17) is 5.11 Å². The van der Waals surface area contributed by atoms with Gasteiger partial charge in [0, 0.05) is 6.42 Å². The topological polar surface area (TPSA) is 63.6 Å². The zero-order valence-electron chi connectivity index (χ0n) is 7.24. The van der Waals surface area contributed by atoms with E-state index in [-0.39, 0.29) is 16.9 Å². The Morgan fingerprint density at radius 1 is 1.69 bits per heavy atom. The number of allylic oxidation sites excluding steroid dienone is 1. The van der Waals surface area contributed by atoms with E-state index in [0.717, 1.165) is 0 Å². The minimum absolute atomic E-state index is 0.0399. The molecule has 4 heteroatoms. The first-order chi connectivity index (χ1) is 6.20. The van der Waals surface area contributed by atoms with Gasteiger partial charge in [0.05, 0.1) is 24.5 Å². The van der Waals surface area contributed by atoms with Crippen LogP contribution in [0.25, 0.3) is 0 Å². The standard InChI is InChI=1S/C9H10O4/c1-13-9(12)6-3-2-4-8(11)7(6)5-10/h3,5,10H,2,4H2,1H3. The molecular weight excluding hydrogens is 172 g/mol. The molecule has 0 radical (unpaired) electrons. The summed E-state index contributed by atoms with van der Waals surface area (Å²) < 4.78 is 4.46. The summed E-state index contributed by atoms with van der Waals surface area (Å²) >= 11 is 0. The van der Waals surface area contributed by atoms with Gasteiger partial charge in [0.25, 0.3) is 0 Å². The third-order valence-corrected chi connectivity index (χ3v) is 1.84. The highest BCUT2D eigenvalue weighted by Crippen LogP contribution is 2.21. The molecule has 0 saturated carbocycles. The van der Waals surface area contributed by atoms with Crippen LogP contribution in [0.4, 0.5) is 0 Å². The van der Waals surface area contributed by atoms with Crippen LogP contribution in [0.2, 0.25) is 0 Å². The number of carbonyl (C=O) groups excluding carboxylic acids is 2. The summed E-state index contributed by atoms with van der Waals surface area (Å²) in [6.45, 7) is 0. The second kappa shape index (κ2) is 3.89. The Morgan fingerprint density at radius 2 is 2.38 bits per heavy atom. The van der Waals surface area contributed by atoms with E-state index in [1.165, 1.54) is 7.11 Å². The van der Waals surface area contributed by atoms with Gasteiger partial charge in [-0.15, -0.1) is 0 Å². The molecule has 0 saturated heterocycles. The van der Waals surface area contributed by atoms with Gasteiger partial charge in [-0.05, 0) is 6.42 Å². The maximum absolute atomic E-state index is 11.2. The van der Waals surface area contributed by atoms with E-state index in [0.29, 0.717) is 19.1 Å². The Balaban J connectivity index is 3.01. The van der Waals surface area contributed by atoms with Crippen LogP contribution in [0.15, 0.2) is 23.5 Å². The summed E-state index contributed by atoms with van der Waals surface area (Å²) in [5.41, 5.74) is 0.194. The van der Waals surface area contributed by atoms with Gasteiger partial charge < -0.3 is 9.84 Å². The molecule has 0 aliphatic heterocycles. The molecule has 0 unspecified atom stereocenters. The minimum atomic E-state index is -0.589. The number of hydrogen-bond acceptors (Lipinski definition) is 4. The van der Waals surface area contributed by atoms with Crippen molar-refractivity contribution >= 4 is 11.8 Å². The van der Waals surface area contributed by atoms with Gasteiger partial charge in [0.15, 0.2) is 5.78 Å². The molecule has 70 valence electrons. The fourth-order valence-corrected chi connectivity index (χ4v) is 1.19. The van der Waals surface area contributed by atoms with Crippen molar-refractivity contribution in [2.75, 3.05) is 7.11 Å². The second-order valence-electron chi connectivity index (χ2n) is 2.61. The van der Waals surface area contributed by atoms with Crippen LogP contribution in [0.1, 0.15) is 12.8 Å². The number of aliphatic hydroxyl groups is 1. The van der Waals surface area contributed by atoms with Crippen molar-refractivity contribution in [2.45, 2.75) is 12.8 Å². The molecule has 0 aromatic heterocycles. The van der Waals surface area contributed by atoms with Crippen molar-refractivity contribution < 1.29 is 19.4 Å². The molecule has 0 heterocycles. The quantitative estimate of drug-likeness (QED) is 0.371. The van der Waals surface area contributed by atoms with Crippen molar-refractivity contribution in [2.24, 2.45) is 0 Å². The van der Waals surface area contributed by atoms with Crippen molar-refractivity contribution in [3.63, 3.8) is 0 Å². The first-order valence-corrected chi connectivity index (χ1v) is 3.87. The molecule has 0 spiro atoms. The highest BCUT2D eigenvalue weighted by atomic mass is 16.5. The largest absolute Gasteiger partial charge is 0.515 e. The summed E-state index contributed by atoms with van der Waals surface area (Å²) in [7, 11) is 1.23. The van der Waals surface area contributed by atoms with Gasteiger partial charge in [0.2, 0.25) is 0 Å². The van der Waals surface area contributed by atoms with E-state index >= 15 is 0 Å². The number of esters is 1. The molecule has 1 N–H and O–H groups in total. The summed E-state index contributed by atoms with van der Waals surface area (Å²) in [6, 6.07) is 0. The maximum Gasteiger partial charge on any atom is 0.338 e. The third-order valence-electron chi connectivity index (χ3n) is 1.84. The summed E-state index contributed by atoms with van der Waals surface area (Å²) in [4.78, 5) is 22.3. The fourth-order valence-electron chi connectivity index (χ4n) is 1.19. The van der Waals surface area contributed by atoms with Crippen molar-refractivity contribution in [1.82, 2.24) is 0 Å². The van der Waals surface area contributed by atoms with E-state index in [2.05, 4.69) is 4.74 Å². The third kappa shape index (κ3) is 1.77. The highest BCUT2D eigenvalue weighted by molar-refractivity contribution is 6.10. The van der Waals surface area contributed by atoms with Crippen LogP contribution in [-0.4, -0.2) is 24.0 Å². The highest BCUT2D eigenvalue weighted by Gasteiger charge is 2.24. The lowest BCUT2D eigenvalue weighted by Crippen LogP contribution is -2.17. The first kappa shape index (κ1) is 9.51. The molecule has 0 bridgehead atoms. The lowest BCUT2D eigenvalue weighted by Gasteiger charge is -2.12. The predicted molar refractivity (Wildman–Crippen MR) is 45.1 cm³/mol. The van der Waals surface area contributed by atoms with Gasteiger partial charge >= 0.3 is 5.97 Å². The first-order valence-electron chi connectivity index (χ1n) is 3.87. The van der Waals surface area contributed by atoms with E-state index in [9.17, 15) is 9.59 Å². The number of ether oxygens (including phenoxy) is 1. The maximum atomic E-state index is 11.2. The van der Waals surface area contributed by atoms with Crippen molar-refractivity contribution in [3.8, 4) is 0 Å². The van der Waals surface area contributed by atoms with Crippen LogP contribution < -0.4 is 0 Å². The Labute approximate surface area is 75.5 Å². The zero-order chi connectivity index (χ0) is 9.84. The minimum Gasteiger partial charge on any atom is -0.515 e. The average Bonchev–Trinajstić information content (AvgIpc) is 2.16. The van der Waals surface area contributed by atoms with Crippen molar-refractivity contribution in [1.29, 1.82) is 0 Å². The van der Waals surface area contributed by atoms with Gasteiger partial charge in [-0.1, -0.05) is 6.08 Å².